The van der Waals surface area contributed by atoms with Crippen LogP contribution in [0.25, 0.3) is 0 Å². The maximum atomic E-state index is 12.2. The molecule has 0 saturated heterocycles. The summed E-state index contributed by atoms with van der Waals surface area (Å²) in [5.74, 6) is 1.87. The van der Waals surface area contributed by atoms with Crippen molar-refractivity contribution >= 4 is 17.4 Å². The van der Waals surface area contributed by atoms with Crippen molar-refractivity contribution in [2.75, 3.05) is 10.6 Å². The number of hydrogen-bond acceptors (Lipinski definition) is 6. The van der Waals surface area contributed by atoms with Gasteiger partial charge in [-0.05, 0) is 50.2 Å². The van der Waals surface area contributed by atoms with Gasteiger partial charge in [0.2, 0.25) is 5.91 Å². The van der Waals surface area contributed by atoms with E-state index >= 15 is 0 Å². The van der Waals surface area contributed by atoms with E-state index in [0.717, 1.165) is 5.69 Å². The number of nitrogens with one attached hydrogen (secondary N) is 2. The largest absolute Gasteiger partial charge is 0.456 e. The van der Waals surface area contributed by atoms with Crippen LogP contribution in [0.1, 0.15) is 18.2 Å². The molecule has 1 amide bonds. The molecule has 1 atom stereocenters. The number of anilines is 2. The van der Waals surface area contributed by atoms with E-state index in [1.807, 2.05) is 6.07 Å². The number of aryl methyl sites for hydroxylation is 1. The molecule has 7 heteroatoms. The molecule has 0 fully saturated rings. The number of aromatic nitrogens is 1. The minimum Gasteiger partial charge on any atom is -0.456 e. The number of hydrogen-bond donors (Lipinski definition) is 2. The van der Waals surface area contributed by atoms with Gasteiger partial charge in [0.15, 0.2) is 5.82 Å². The number of nitrogens with zero attached hydrogens (tertiary/aromatic N) is 2. The van der Waals surface area contributed by atoms with Crippen LogP contribution in [0, 0.1) is 18.3 Å². The molecular formula is C20H18N4O3. The second-order valence-electron chi connectivity index (χ2n) is 5.91. The summed E-state index contributed by atoms with van der Waals surface area (Å²) in [4.78, 5) is 12.2. The van der Waals surface area contributed by atoms with Crippen LogP contribution in [0.3, 0.4) is 0 Å². The topological polar surface area (TPSA) is 100 Å². The molecule has 2 aromatic carbocycles. The Bertz CT molecular complexity index is 973. The highest BCUT2D eigenvalue weighted by Gasteiger charge is 2.14. The van der Waals surface area contributed by atoms with Crippen molar-refractivity contribution in [2.24, 2.45) is 0 Å². The summed E-state index contributed by atoms with van der Waals surface area (Å²) in [5.41, 5.74) is 1.22. The van der Waals surface area contributed by atoms with E-state index in [9.17, 15) is 4.79 Å². The van der Waals surface area contributed by atoms with Gasteiger partial charge in [0.05, 0.1) is 5.56 Å². The molecule has 0 aliphatic rings. The highest BCUT2D eigenvalue weighted by Crippen LogP contribution is 2.26. The lowest BCUT2D eigenvalue weighted by atomic mass is 10.2. The van der Waals surface area contributed by atoms with Gasteiger partial charge in [0, 0.05) is 11.8 Å². The molecule has 0 bridgehead atoms. The second kappa shape index (κ2) is 8.06. The molecule has 1 unspecified atom stereocenters. The van der Waals surface area contributed by atoms with Gasteiger partial charge in [0.25, 0.3) is 0 Å². The first-order chi connectivity index (χ1) is 13.0. The zero-order valence-corrected chi connectivity index (χ0v) is 14.9. The Morgan fingerprint density at radius 3 is 2.63 bits per heavy atom. The molecule has 0 spiro atoms. The van der Waals surface area contributed by atoms with Crippen molar-refractivity contribution in [1.82, 2.24) is 5.16 Å². The number of amides is 1. The summed E-state index contributed by atoms with van der Waals surface area (Å²) in [7, 11) is 0. The molecular weight excluding hydrogens is 344 g/mol. The van der Waals surface area contributed by atoms with Gasteiger partial charge in [-0.15, -0.1) is 0 Å². The molecule has 2 N–H and O–H groups in total. The van der Waals surface area contributed by atoms with E-state index in [2.05, 4.69) is 21.9 Å². The summed E-state index contributed by atoms with van der Waals surface area (Å²) >= 11 is 0. The maximum Gasteiger partial charge on any atom is 0.247 e. The first kappa shape index (κ1) is 18.0. The van der Waals surface area contributed by atoms with Gasteiger partial charge in [0.1, 0.15) is 29.4 Å². The average Bonchev–Trinajstić information content (AvgIpc) is 3.08. The molecule has 0 aliphatic heterocycles. The number of ether oxygens (including phenoxy) is 1. The van der Waals surface area contributed by atoms with Gasteiger partial charge < -0.3 is 19.9 Å². The van der Waals surface area contributed by atoms with Crippen LogP contribution in [0.5, 0.6) is 11.5 Å². The van der Waals surface area contributed by atoms with Crippen molar-refractivity contribution in [3.63, 3.8) is 0 Å². The number of rotatable bonds is 6. The monoisotopic (exact) mass is 362 g/mol. The third-order valence-electron chi connectivity index (χ3n) is 3.75. The molecule has 7 nitrogen and oxygen atoms in total. The number of nitriles is 1. The van der Waals surface area contributed by atoms with Crippen LogP contribution >= 0.6 is 0 Å². The maximum absolute atomic E-state index is 12.2. The number of benzene rings is 2. The molecule has 1 aromatic heterocycles. The molecule has 1 heterocycles. The third kappa shape index (κ3) is 4.64. The lowest BCUT2D eigenvalue weighted by Gasteiger charge is -2.14. The summed E-state index contributed by atoms with van der Waals surface area (Å²) in [5, 5.41) is 18.6. The fraction of sp³-hybridized carbons (Fsp3) is 0.150. The minimum absolute atomic E-state index is 0.230. The fourth-order valence-corrected chi connectivity index (χ4v) is 2.37. The van der Waals surface area contributed by atoms with Crippen LogP contribution in [0.4, 0.5) is 11.5 Å². The van der Waals surface area contributed by atoms with Crippen LogP contribution in [0.15, 0.2) is 59.1 Å². The van der Waals surface area contributed by atoms with Crippen LogP contribution in [0.2, 0.25) is 0 Å². The smallest absolute Gasteiger partial charge is 0.247 e. The Balaban J connectivity index is 1.60. The highest BCUT2D eigenvalue weighted by atomic mass is 16.5. The fourth-order valence-electron chi connectivity index (χ4n) is 2.37. The highest BCUT2D eigenvalue weighted by molar-refractivity contribution is 5.95. The molecule has 3 rings (SSSR count). The van der Waals surface area contributed by atoms with Crippen molar-refractivity contribution in [2.45, 2.75) is 19.9 Å². The average molecular weight is 362 g/mol. The molecule has 27 heavy (non-hydrogen) atoms. The number of carbonyl (C=O) groups excluding carboxylic acids is 1. The van der Waals surface area contributed by atoms with Crippen molar-refractivity contribution in [3.05, 3.63) is 65.9 Å². The first-order valence-corrected chi connectivity index (χ1v) is 8.33. The minimum atomic E-state index is -0.479. The Hall–Kier alpha value is -3.79. The lowest BCUT2D eigenvalue weighted by molar-refractivity contribution is -0.116. The van der Waals surface area contributed by atoms with Gasteiger partial charge in [-0.3, -0.25) is 4.79 Å². The summed E-state index contributed by atoms with van der Waals surface area (Å²) < 4.78 is 10.7. The van der Waals surface area contributed by atoms with Gasteiger partial charge in [-0.1, -0.05) is 17.3 Å². The predicted octanol–water partition coefficient (Wildman–Crippen LogP) is 4.09. The molecule has 136 valence electrons. The van der Waals surface area contributed by atoms with E-state index in [4.69, 9.17) is 14.5 Å². The SMILES string of the molecule is Cc1cc(NC(=O)C(C)Nc2ccc(Oc3ccccc3C#N)cc2)no1. The zero-order chi connectivity index (χ0) is 19.2. The van der Waals surface area contributed by atoms with Crippen LogP contribution in [-0.2, 0) is 4.79 Å². The summed E-state index contributed by atoms with van der Waals surface area (Å²) in [6.07, 6.45) is 0. The van der Waals surface area contributed by atoms with Gasteiger partial charge in [-0.2, -0.15) is 5.26 Å². The Morgan fingerprint density at radius 2 is 1.96 bits per heavy atom. The van der Waals surface area contributed by atoms with Gasteiger partial charge >= 0.3 is 0 Å². The van der Waals surface area contributed by atoms with Crippen LogP contribution < -0.4 is 15.4 Å². The van der Waals surface area contributed by atoms with E-state index in [0.29, 0.717) is 28.6 Å². The molecule has 0 saturated carbocycles. The second-order valence-corrected chi connectivity index (χ2v) is 5.91. The van der Waals surface area contributed by atoms with E-state index in [1.165, 1.54) is 0 Å². The Labute approximate surface area is 156 Å². The molecule has 0 radical (unpaired) electrons. The van der Waals surface area contributed by atoms with Crippen molar-refractivity contribution < 1.29 is 14.1 Å². The van der Waals surface area contributed by atoms with E-state index in [-0.39, 0.29) is 5.91 Å². The number of para-hydroxylation sites is 1. The zero-order valence-electron chi connectivity index (χ0n) is 14.9. The molecule has 0 aliphatic carbocycles. The van der Waals surface area contributed by atoms with Crippen LogP contribution in [-0.4, -0.2) is 17.1 Å². The number of carbonyl (C=O) groups is 1. The van der Waals surface area contributed by atoms with Crippen molar-refractivity contribution in [3.8, 4) is 17.6 Å². The third-order valence-corrected chi connectivity index (χ3v) is 3.75. The first-order valence-electron chi connectivity index (χ1n) is 8.33. The van der Waals surface area contributed by atoms with Gasteiger partial charge in [-0.25, -0.2) is 0 Å². The summed E-state index contributed by atoms with van der Waals surface area (Å²) in [6, 6.07) is 17.4. The quantitative estimate of drug-likeness (QED) is 0.685. The standard InChI is InChI=1S/C20H18N4O3/c1-13-11-19(24-27-13)23-20(25)14(2)22-16-7-9-17(10-8-16)26-18-6-4-3-5-15(18)12-21/h3-11,14,22H,1-2H3,(H,23,24,25). The lowest BCUT2D eigenvalue weighted by Crippen LogP contribution is -2.31. The van der Waals surface area contributed by atoms with Crippen molar-refractivity contribution in [1.29, 1.82) is 5.26 Å². The van der Waals surface area contributed by atoms with E-state index < -0.39 is 6.04 Å². The summed E-state index contributed by atoms with van der Waals surface area (Å²) in [6.45, 7) is 3.50. The normalized spacial score (nSPS) is 11.3. The Morgan fingerprint density at radius 1 is 1.22 bits per heavy atom. The van der Waals surface area contributed by atoms with E-state index in [1.54, 1.807) is 62.4 Å². The predicted molar refractivity (Wildman–Crippen MR) is 101 cm³/mol. The molecule has 3 aromatic rings. The Kier molecular flexibility index (Phi) is 5.38.